The lowest BCUT2D eigenvalue weighted by Gasteiger charge is -2.12. The van der Waals surface area contributed by atoms with Gasteiger partial charge in [0.1, 0.15) is 12.4 Å². The van der Waals surface area contributed by atoms with Gasteiger partial charge in [-0.1, -0.05) is 0 Å². The van der Waals surface area contributed by atoms with Gasteiger partial charge in [0.2, 0.25) is 5.88 Å². The quantitative estimate of drug-likeness (QED) is 0.791. The topological polar surface area (TPSA) is 70.3 Å². The van der Waals surface area contributed by atoms with E-state index in [0.29, 0.717) is 18.2 Å². The van der Waals surface area contributed by atoms with Crippen molar-refractivity contribution in [2.75, 3.05) is 18.9 Å². The van der Waals surface area contributed by atoms with E-state index < -0.39 is 0 Å². The summed E-state index contributed by atoms with van der Waals surface area (Å²) in [5.74, 6) is 0.581. The molecule has 0 spiro atoms. The van der Waals surface area contributed by atoms with E-state index in [2.05, 4.69) is 9.97 Å². The zero-order valence-electron chi connectivity index (χ0n) is 9.30. The van der Waals surface area contributed by atoms with E-state index >= 15 is 0 Å². The molecule has 0 aliphatic carbocycles. The normalized spacial score (nSPS) is 19.6. The van der Waals surface area contributed by atoms with E-state index in [1.807, 2.05) is 18.2 Å². The van der Waals surface area contributed by atoms with Crippen LogP contribution in [0.5, 0.6) is 5.88 Å². The zero-order chi connectivity index (χ0) is 11.7. The molecule has 3 rings (SSSR count). The fourth-order valence-corrected chi connectivity index (χ4v) is 1.91. The van der Waals surface area contributed by atoms with Gasteiger partial charge in [-0.2, -0.15) is 0 Å². The number of hydrogen-bond donors (Lipinski definition) is 1. The maximum absolute atomic E-state index is 5.81. The lowest BCUT2D eigenvalue weighted by Crippen LogP contribution is -2.16. The molecular weight excluding hydrogens is 218 g/mol. The van der Waals surface area contributed by atoms with E-state index in [0.717, 1.165) is 23.9 Å². The average Bonchev–Trinajstić information content (AvgIpc) is 2.83. The van der Waals surface area contributed by atoms with Crippen molar-refractivity contribution in [3.8, 4) is 5.88 Å². The summed E-state index contributed by atoms with van der Waals surface area (Å²) in [4.78, 5) is 8.35. The van der Waals surface area contributed by atoms with E-state index in [4.69, 9.17) is 15.2 Å². The molecule has 2 N–H and O–H groups in total. The number of nitrogen functional groups attached to an aromatic ring is 1. The summed E-state index contributed by atoms with van der Waals surface area (Å²) < 4.78 is 11.1. The summed E-state index contributed by atoms with van der Waals surface area (Å²) in [6.07, 6.45) is 2.48. The van der Waals surface area contributed by atoms with Gasteiger partial charge in [-0.15, -0.1) is 0 Å². The second-order valence-electron chi connectivity index (χ2n) is 4.06. The summed E-state index contributed by atoms with van der Waals surface area (Å²) in [5, 5.41) is 0.847. The fourth-order valence-electron chi connectivity index (χ4n) is 1.91. The molecule has 0 radical (unpaired) electrons. The third-order valence-electron chi connectivity index (χ3n) is 2.79. The molecule has 1 aromatic carbocycles. The monoisotopic (exact) mass is 231 g/mol. The Kier molecular flexibility index (Phi) is 2.53. The third-order valence-corrected chi connectivity index (χ3v) is 2.79. The maximum Gasteiger partial charge on any atom is 0.224 e. The van der Waals surface area contributed by atoms with Gasteiger partial charge in [0.15, 0.2) is 0 Å². The number of aromatic nitrogens is 2. The predicted molar refractivity (Wildman–Crippen MR) is 63.8 cm³/mol. The second kappa shape index (κ2) is 4.18. The van der Waals surface area contributed by atoms with E-state index in [1.54, 1.807) is 0 Å². The molecule has 5 nitrogen and oxygen atoms in total. The van der Waals surface area contributed by atoms with Crippen LogP contribution in [0.1, 0.15) is 6.42 Å². The first-order valence-electron chi connectivity index (χ1n) is 5.57. The highest BCUT2D eigenvalue weighted by molar-refractivity contribution is 5.86. The van der Waals surface area contributed by atoms with E-state index in [-0.39, 0.29) is 6.10 Å². The summed E-state index contributed by atoms with van der Waals surface area (Å²) in [7, 11) is 0. The minimum Gasteiger partial charge on any atom is -0.471 e. The number of hydrogen-bond acceptors (Lipinski definition) is 5. The van der Waals surface area contributed by atoms with Crippen LogP contribution in [0, 0.1) is 0 Å². The van der Waals surface area contributed by atoms with Crippen molar-refractivity contribution < 1.29 is 9.47 Å². The number of nitrogens with zero attached hydrogens (tertiary/aromatic N) is 2. The smallest absolute Gasteiger partial charge is 0.224 e. The van der Waals surface area contributed by atoms with E-state index in [9.17, 15) is 0 Å². The molecule has 17 heavy (non-hydrogen) atoms. The molecule has 1 unspecified atom stereocenters. The molecule has 0 amide bonds. The van der Waals surface area contributed by atoms with Crippen molar-refractivity contribution in [2.45, 2.75) is 12.5 Å². The highest BCUT2D eigenvalue weighted by atomic mass is 16.5. The number of benzene rings is 1. The lowest BCUT2D eigenvalue weighted by molar-refractivity contribution is 0.139. The number of anilines is 1. The number of ether oxygens (including phenoxy) is 2. The van der Waals surface area contributed by atoms with Crippen LogP contribution in [0.25, 0.3) is 10.9 Å². The first-order chi connectivity index (χ1) is 8.33. The molecule has 1 aromatic heterocycles. The third kappa shape index (κ3) is 2.01. The summed E-state index contributed by atoms with van der Waals surface area (Å²) in [5.41, 5.74) is 7.28. The van der Waals surface area contributed by atoms with Crippen LogP contribution in [0.2, 0.25) is 0 Å². The molecule has 1 aliphatic rings. The SMILES string of the molecule is Nc1ccc2ncnc(OC3CCOC3)c2c1. The number of rotatable bonds is 2. The Morgan fingerprint density at radius 2 is 2.29 bits per heavy atom. The number of fused-ring (bicyclic) bond motifs is 1. The van der Waals surface area contributed by atoms with Gasteiger partial charge in [0.25, 0.3) is 0 Å². The Hall–Kier alpha value is -1.88. The molecule has 1 fully saturated rings. The van der Waals surface area contributed by atoms with Crippen molar-refractivity contribution in [3.63, 3.8) is 0 Å². The molecule has 0 saturated carbocycles. The first kappa shape index (κ1) is 10.3. The van der Waals surface area contributed by atoms with Gasteiger partial charge in [-0.05, 0) is 18.2 Å². The van der Waals surface area contributed by atoms with Gasteiger partial charge in [-0.25, -0.2) is 9.97 Å². The Labute approximate surface area is 98.6 Å². The Morgan fingerprint density at radius 1 is 1.35 bits per heavy atom. The van der Waals surface area contributed by atoms with E-state index in [1.165, 1.54) is 6.33 Å². The minimum atomic E-state index is 0.0783. The van der Waals surface area contributed by atoms with Crippen molar-refractivity contribution in [2.24, 2.45) is 0 Å². The van der Waals surface area contributed by atoms with Gasteiger partial charge in [-0.3, -0.25) is 0 Å². The van der Waals surface area contributed by atoms with Crippen LogP contribution >= 0.6 is 0 Å². The molecule has 2 aromatic rings. The largest absolute Gasteiger partial charge is 0.471 e. The minimum absolute atomic E-state index is 0.0783. The molecule has 5 heteroatoms. The van der Waals surface area contributed by atoms with Crippen molar-refractivity contribution in [1.29, 1.82) is 0 Å². The fraction of sp³-hybridized carbons (Fsp3) is 0.333. The zero-order valence-corrected chi connectivity index (χ0v) is 9.30. The van der Waals surface area contributed by atoms with Gasteiger partial charge < -0.3 is 15.2 Å². The van der Waals surface area contributed by atoms with Crippen LogP contribution < -0.4 is 10.5 Å². The van der Waals surface area contributed by atoms with Crippen molar-refractivity contribution in [3.05, 3.63) is 24.5 Å². The van der Waals surface area contributed by atoms with Crippen LogP contribution in [0.4, 0.5) is 5.69 Å². The average molecular weight is 231 g/mol. The first-order valence-corrected chi connectivity index (χ1v) is 5.57. The van der Waals surface area contributed by atoms with Crippen LogP contribution in [-0.4, -0.2) is 29.3 Å². The Bertz CT molecular complexity index is 538. The summed E-state index contributed by atoms with van der Waals surface area (Å²) in [6, 6.07) is 5.52. The lowest BCUT2D eigenvalue weighted by atomic mass is 10.2. The Morgan fingerprint density at radius 3 is 3.12 bits per heavy atom. The molecule has 1 aliphatic heterocycles. The van der Waals surface area contributed by atoms with Crippen molar-refractivity contribution >= 4 is 16.6 Å². The van der Waals surface area contributed by atoms with Crippen LogP contribution in [0.15, 0.2) is 24.5 Å². The summed E-state index contributed by atoms with van der Waals surface area (Å²) >= 11 is 0. The molecule has 88 valence electrons. The molecule has 1 atom stereocenters. The van der Waals surface area contributed by atoms with Crippen molar-refractivity contribution in [1.82, 2.24) is 9.97 Å². The van der Waals surface area contributed by atoms with Crippen LogP contribution in [0.3, 0.4) is 0 Å². The van der Waals surface area contributed by atoms with Gasteiger partial charge >= 0.3 is 0 Å². The maximum atomic E-state index is 5.81. The second-order valence-corrected chi connectivity index (χ2v) is 4.06. The molecule has 0 bridgehead atoms. The van der Waals surface area contributed by atoms with Gasteiger partial charge in [0, 0.05) is 12.1 Å². The molecule has 2 heterocycles. The highest BCUT2D eigenvalue weighted by Gasteiger charge is 2.19. The molecular formula is C12H13N3O2. The predicted octanol–water partition coefficient (Wildman–Crippen LogP) is 1.38. The number of nitrogens with two attached hydrogens (primary N) is 1. The molecule has 1 saturated heterocycles. The van der Waals surface area contributed by atoms with Gasteiger partial charge in [0.05, 0.1) is 24.1 Å². The van der Waals surface area contributed by atoms with Crippen LogP contribution in [-0.2, 0) is 4.74 Å². The highest BCUT2D eigenvalue weighted by Crippen LogP contribution is 2.25. The Balaban J connectivity index is 1.99. The standard InChI is InChI=1S/C12H13N3O2/c13-8-1-2-11-10(5-8)12(15-7-14-11)17-9-3-4-16-6-9/h1-2,5,7,9H,3-4,6,13H2. The summed E-state index contributed by atoms with van der Waals surface area (Å²) in [6.45, 7) is 1.36.